The van der Waals surface area contributed by atoms with E-state index in [1.54, 1.807) is 12.1 Å². The molecule has 0 radical (unpaired) electrons. The highest BCUT2D eigenvalue weighted by molar-refractivity contribution is 6.30. The van der Waals surface area contributed by atoms with Crippen molar-refractivity contribution in [3.8, 4) is 11.4 Å². The van der Waals surface area contributed by atoms with Crippen molar-refractivity contribution in [1.29, 1.82) is 0 Å². The lowest BCUT2D eigenvalue weighted by atomic mass is 9.86. The van der Waals surface area contributed by atoms with E-state index >= 15 is 0 Å². The standard InChI is InChI=1S/C23H24ClN3O2/c1-23(2,3)17-10-6-16(7-11-17)22(28)27-14-4-5-19(27)21-25-20(26-29-21)15-8-12-18(24)13-9-15/h6-13,19H,4-5,14H2,1-3H3/t19-/m0/s1. The highest BCUT2D eigenvalue weighted by Gasteiger charge is 2.34. The van der Waals surface area contributed by atoms with Crippen molar-refractivity contribution in [3.05, 3.63) is 70.6 Å². The second kappa shape index (κ2) is 7.64. The van der Waals surface area contributed by atoms with Crippen LogP contribution in [0.25, 0.3) is 11.4 Å². The lowest BCUT2D eigenvalue weighted by molar-refractivity contribution is 0.0710. The lowest BCUT2D eigenvalue weighted by Gasteiger charge is -2.23. The molecular formula is C23H24ClN3O2. The van der Waals surface area contributed by atoms with Gasteiger partial charge in [0.2, 0.25) is 11.7 Å². The minimum absolute atomic E-state index is 0.000739. The van der Waals surface area contributed by atoms with Crippen LogP contribution in [-0.2, 0) is 5.41 Å². The van der Waals surface area contributed by atoms with Crippen molar-refractivity contribution in [1.82, 2.24) is 15.0 Å². The van der Waals surface area contributed by atoms with E-state index in [4.69, 9.17) is 16.1 Å². The van der Waals surface area contributed by atoms with Crippen molar-refractivity contribution in [2.45, 2.75) is 45.1 Å². The summed E-state index contributed by atoms with van der Waals surface area (Å²) in [5.41, 5.74) is 2.77. The maximum absolute atomic E-state index is 13.1. The Bertz CT molecular complexity index is 1000. The predicted molar refractivity (Wildman–Crippen MR) is 113 cm³/mol. The SMILES string of the molecule is CC(C)(C)c1ccc(C(=O)N2CCC[C@H]2c2nc(-c3ccc(Cl)cc3)no2)cc1. The molecule has 3 aromatic rings. The van der Waals surface area contributed by atoms with Crippen molar-refractivity contribution in [2.24, 2.45) is 0 Å². The van der Waals surface area contributed by atoms with Crippen LogP contribution < -0.4 is 0 Å². The second-order valence-corrected chi connectivity index (χ2v) is 8.88. The summed E-state index contributed by atoms with van der Waals surface area (Å²) in [7, 11) is 0. The molecule has 1 amide bonds. The van der Waals surface area contributed by atoms with Gasteiger partial charge < -0.3 is 9.42 Å². The van der Waals surface area contributed by atoms with Crippen LogP contribution in [0.5, 0.6) is 0 Å². The van der Waals surface area contributed by atoms with Crippen LogP contribution in [0.15, 0.2) is 53.1 Å². The largest absolute Gasteiger partial charge is 0.337 e. The molecule has 6 heteroatoms. The number of nitrogens with zero attached hydrogens (tertiary/aromatic N) is 3. The predicted octanol–water partition coefficient (Wildman–Crippen LogP) is 5.66. The quantitative estimate of drug-likeness (QED) is 0.559. The highest BCUT2D eigenvalue weighted by Crippen LogP contribution is 2.33. The molecule has 1 fully saturated rings. The highest BCUT2D eigenvalue weighted by atomic mass is 35.5. The van der Waals surface area contributed by atoms with E-state index < -0.39 is 0 Å². The third-order valence-electron chi connectivity index (χ3n) is 5.34. The first kappa shape index (κ1) is 19.6. The third kappa shape index (κ3) is 4.06. The molecule has 5 nitrogen and oxygen atoms in total. The number of hydrogen-bond acceptors (Lipinski definition) is 4. The number of benzene rings is 2. The van der Waals surface area contributed by atoms with Gasteiger partial charge in [-0.1, -0.05) is 49.7 Å². The van der Waals surface area contributed by atoms with Crippen LogP contribution in [0.4, 0.5) is 0 Å². The first-order valence-electron chi connectivity index (χ1n) is 9.84. The van der Waals surface area contributed by atoms with E-state index in [1.165, 1.54) is 5.56 Å². The van der Waals surface area contributed by atoms with Crippen molar-refractivity contribution in [2.75, 3.05) is 6.54 Å². The molecule has 0 aliphatic carbocycles. The van der Waals surface area contributed by atoms with E-state index in [1.807, 2.05) is 41.3 Å². The van der Waals surface area contributed by atoms with Crippen LogP contribution in [0.1, 0.15) is 61.5 Å². The van der Waals surface area contributed by atoms with Gasteiger partial charge in [-0.3, -0.25) is 4.79 Å². The smallest absolute Gasteiger partial charge is 0.254 e. The molecule has 0 unspecified atom stereocenters. The maximum Gasteiger partial charge on any atom is 0.254 e. The molecular weight excluding hydrogens is 386 g/mol. The number of carbonyl (C=O) groups is 1. The fraction of sp³-hybridized carbons (Fsp3) is 0.348. The molecule has 150 valence electrons. The topological polar surface area (TPSA) is 59.2 Å². The summed E-state index contributed by atoms with van der Waals surface area (Å²) < 4.78 is 5.53. The average Bonchev–Trinajstić information content (AvgIpc) is 3.37. The van der Waals surface area contributed by atoms with Crippen molar-refractivity contribution < 1.29 is 9.32 Å². The van der Waals surface area contributed by atoms with Gasteiger partial charge in [0.25, 0.3) is 5.91 Å². The van der Waals surface area contributed by atoms with Crippen LogP contribution >= 0.6 is 11.6 Å². The van der Waals surface area contributed by atoms with E-state index in [-0.39, 0.29) is 17.4 Å². The molecule has 1 aromatic heterocycles. The third-order valence-corrected chi connectivity index (χ3v) is 5.59. The van der Waals surface area contributed by atoms with Crippen LogP contribution in [0.2, 0.25) is 5.02 Å². The van der Waals surface area contributed by atoms with Gasteiger partial charge in [0.05, 0.1) is 0 Å². The molecule has 1 aliphatic heterocycles. The van der Waals surface area contributed by atoms with E-state index in [9.17, 15) is 4.79 Å². The molecule has 1 aliphatic rings. The fourth-order valence-corrected chi connectivity index (χ4v) is 3.76. The lowest BCUT2D eigenvalue weighted by Crippen LogP contribution is -2.30. The Hall–Kier alpha value is -2.66. The summed E-state index contributed by atoms with van der Waals surface area (Å²) in [6, 6.07) is 15.0. The van der Waals surface area contributed by atoms with E-state index in [0.29, 0.717) is 28.8 Å². The number of carbonyl (C=O) groups excluding carboxylic acids is 1. The number of halogens is 1. The molecule has 0 spiro atoms. The summed E-state index contributed by atoms with van der Waals surface area (Å²) in [6.07, 6.45) is 1.73. The minimum atomic E-state index is -0.196. The molecule has 2 aromatic carbocycles. The summed E-state index contributed by atoms with van der Waals surface area (Å²) in [5, 5.41) is 4.75. The van der Waals surface area contributed by atoms with Gasteiger partial charge in [0, 0.05) is 22.7 Å². The Morgan fingerprint density at radius 3 is 2.45 bits per heavy atom. The number of hydrogen-bond donors (Lipinski definition) is 0. The van der Waals surface area contributed by atoms with Crippen LogP contribution in [0, 0.1) is 0 Å². The van der Waals surface area contributed by atoms with E-state index in [2.05, 4.69) is 30.9 Å². The number of amides is 1. The van der Waals surface area contributed by atoms with E-state index in [0.717, 1.165) is 18.4 Å². The first-order valence-corrected chi connectivity index (χ1v) is 10.2. The molecule has 1 saturated heterocycles. The molecule has 0 bridgehead atoms. The zero-order valence-electron chi connectivity index (χ0n) is 16.9. The molecule has 2 heterocycles. The Morgan fingerprint density at radius 1 is 1.10 bits per heavy atom. The van der Waals surface area contributed by atoms with Crippen LogP contribution in [-0.4, -0.2) is 27.5 Å². The van der Waals surface area contributed by atoms with Crippen molar-refractivity contribution >= 4 is 17.5 Å². The van der Waals surface area contributed by atoms with Gasteiger partial charge in [-0.2, -0.15) is 4.98 Å². The summed E-state index contributed by atoms with van der Waals surface area (Å²) in [5.74, 6) is 0.983. The molecule has 1 atom stereocenters. The Balaban J connectivity index is 1.55. The Labute approximate surface area is 175 Å². The second-order valence-electron chi connectivity index (χ2n) is 8.45. The number of aromatic nitrogens is 2. The molecule has 0 N–H and O–H groups in total. The fourth-order valence-electron chi connectivity index (χ4n) is 3.63. The monoisotopic (exact) mass is 409 g/mol. The van der Waals surface area contributed by atoms with Gasteiger partial charge in [0.1, 0.15) is 6.04 Å². The number of likely N-dealkylation sites (tertiary alicyclic amines) is 1. The van der Waals surface area contributed by atoms with Gasteiger partial charge in [-0.05, 0) is 60.2 Å². The van der Waals surface area contributed by atoms with Gasteiger partial charge >= 0.3 is 0 Å². The zero-order chi connectivity index (χ0) is 20.6. The average molecular weight is 410 g/mol. The normalized spacial score (nSPS) is 17.0. The number of rotatable bonds is 3. The Morgan fingerprint density at radius 2 is 1.79 bits per heavy atom. The minimum Gasteiger partial charge on any atom is -0.337 e. The van der Waals surface area contributed by atoms with Crippen molar-refractivity contribution in [3.63, 3.8) is 0 Å². The zero-order valence-corrected chi connectivity index (χ0v) is 17.6. The molecule has 29 heavy (non-hydrogen) atoms. The van der Waals surface area contributed by atoms with Gasteiger partial charge in [-0.15, -0.1) is 0 Å². The van der Waals surface area contributed by atoms with Crippen LogP contribution in [0.3, 0.4) is 0 Å². The maximum atomic E-state index is 13.1. The first-order chi connectivity index (χ1) is 13.8. The Kier molecular flexibility index (Phi) is 5.17. The molecule has 0 saturated carbocycles. The summed E-state index contributed by atoms with van der Waals surface area (Å²) in [4.78, 5) is 19.5. The summed E-state index contributed by atoms with van der Waals surface area (Å²) >= 11 is 5.95. The molecule has 4 rings (SSSR count). The van der Waals surface area contributed by atoms with Gasteiger partial charge in [0.15, 0.2) is 0 Å². The summed E-state index contributed by atoms with van der Waals surface area (Å²) in [6.45, 7) is 7.17. The van der Waals surface area contributed by atoms with Gasteiger partial charge in [-0.25, -0.2) is 0 Å².